The number of rotatable bonds is 2. The van der Waals surface area contributed by atoms with Crippen molar-refractivity contribution in [3.8, 4) is 10.9 Å². The predicted octanol–water partition coefficient (Wildman–Crippen LogP) is 4.23. The van der Waals surface area contributed by atoms with Crippen molar-refractivity contribution in [3.05, 3.63) is 54.3 Å². The molecule has 0 unspecified atom stereocenters. The number of thiazole rings is 1. The normalized spacial score (nSPS) is 10.6. The van der Waals surface area contributed by atoms with Crippen LogP contribution in [0.3, 0.4) is 0 Å². The van der Waals surface area contributed by atoms with Crippen LogP contribution in [0.25, 0.3) is 10.2 Å². The largest absolute Gasteiger partial charge is 0.431 e. The van der Waals surface area contributed by atoms with E-state index in [1.54, 1.807) is 12.1 Å². The lowest BCUT2D eigenvalue weighted by molar-refractivity contribution is 0.474. The Morgan fingerprint density at radius 2 is 1.94 bits per heavy atom. The first-order chi connectivity index (χ1) is 8.31. The lowest BCUT2D eigenvalue weighted by atomic mass is 10.3. The zero-order valence-corrected chi connectivity index (χ0v) is 9.58. The monoisotopic (exact) mass is 245 g/mol. The lowest BCUT2D eigenvalue weighted by Crippen LogP contribution is -1.83. The van der Waals surface area contributed by atoms with Crippen LogP contribution in [0.15, 0.2) is 48.5 Å². The molecule has 0 atom stereocenters. The Bertz CT molecular complexity index is 632. The fourth-order valence-corrected chi connectivity index (χ4v) is 2.36. The predicted molar refractivity (Wildman–Crippen MR) is 66.1 cm³/mol. The molecule has 0 aliphatic heterocycles. The van der Waals surface area contributed by atoms with Crippen molar-refractivity contribution in [1.82, 2.24) is 4.98 Å². The Balaban J connectivity index is 1.94. The topological polar surface area (TPSA) is 22.1 Å². The molecular weight excluding hydrogens is 237 g/mol. The Labute approximate surface area is 101 Å². The van der Waals surface area contributed by atoms with E-state index in [0.29, 0.717) is 10.9 Å². The highest BCUT2D eigenvalue weighted by atomic mass is 32.1. The van der Waals surface area contributed by atoms with Gasteiger partial charge in [-0.3, -0.25) is 0 Å². The van der Waals surface area contributed by atoms with Crippen LogP contribution in [-0.4, -0.2) is 4.98 Å². The molecular formula is C13H8FNOS. The molecule has 0 saturated carbocycles. The SMILES string of the molecule is Fc1cccc(Oc2nc3ccccc3s2)c1. The number of ether oxygens (including phenoxy) is 1. The molecule has 84 valence electrons. The molecule has 17 heavy (non-hydrogen) atoms. The number of fused-ring (bicyclic) bond motifs is 1. The highest BCUT2D eigenvalue weighted by molar-refractivity contribution is 7.20. The van der Waals surface area contributed by atoms with Crippen LogP contribution < -0.4 is 4.74 Å². The smallest absolute Gasteiger partial charge is 0.279 e. The zero-order valence-electron chi connectivity index (χ0n) is 8.76. The fraction of sp³-hybridized carbons (Fsp3) is 0. The Morgan fingerprint density at radius 3 is 2.76 bits per heavy atom. The van der Waals surface area contributed by atoms with Gasteiger partial charge < -0.3 is 4.74 Å². The van der Waals surface area contributed by atoms with E-state index in [-0.39, 0.29) is 5.82 Å². The number of halogens is 1. The van der Waals surface area contributed by atoms with Gasteiger partial charge in [0, 0.05) is 6.07 Å². The molecule has 0 fully saturated rings. The van der Waals surface area contributed by atoms with Crippen molar-refractivity contribution in [3.63, 3.8) is 0 Å². The molecule has 0 radical (unpaired) electrons. The minimum atomic E-state index is -0.316. The molecule has 0 amide bonds. The number of aromatic nitrogens is 1. The van der Waals surface area contributed by atoms with Crippen LogP contribution in [0.2, 0.25) is 0 Å². The minimum Gasteiger partial charge on any atom is -0.431 e. The third-order valence-electron chi connectivity index (χ3n) is 2.28. The summed E-state index contributed by atoms with van der Waals surface area (Å²) in [6, 6.07) is 13.8. The van der Waals surface area contributed by atoms with Crippen LogP contribution in [0, 0.1) is 5.82 Å². The van der Waals surface area contributed by atoms with Crippen molar-refractivity contribution in [2.75, 3.05) is 0 Å². The number of hydrogen-bond acceptors (Lipinski definition) is 3. The molecule has 0 spiro atoms. The van der Waals surface area contributed by atoms with Gasteiger partial charge in [-0.15, -0.1) is 0 Å². The number of nitrogens with zero attached hydrogens (tertiary/aromatic N) is 1. The van der Waals surface area contributed by atoms with Crippen LogP contribution in [0.5, 0.6) is 10.9 Å². The summed E-state index contributed by atoms with van der Waals surface area (Å²) in [6.45, 7) is 0. The molecule has 2 nitrogen and oxygen atoms in total. The zero-order chi connectivity index (χ0) is 11.7. The van der Waals surface area contributed by atoms with E-state index >= 15 is 0 Å². The Hall–Kier alpha value is -1.94. The standard InChI is InChI=1S/C13H8FNOS/c14-9-4-3-5-10(8-9)16-13-15-11-6-1-2-7-12(11)17-13/h1-8H. The second-order valence-corrected chi connectivity index (χ2v) is 4.50. The summed E-state index contributed by atoms with van der Waals surface area (Å²) < 4.78 is 19.5. The van der Waals surface area contributed by atoms with Crippen LogP contribution >= 0.6 is 11.3 Å². The maximum absolute atomic E-state index is 13.0. The van der Waals surface area contributed by atoms with Gasteiger partial charge in [0.1, 0.15) is 11.6 Å². The van der Waals surface area contributed by atoms with E-state index in [9.17, 15) is 4.39 Å². The van der Waals surface area contributed by atoms with Crippen molar-refractivity contribution in [2.24, 2.45) is 0 Å². The van der Waals surface area contributed by atoms with Gasteiger partial charge in [0.25, 0.3) is 5.19 Å². The van der Waals surface area contributed by atoms with E-state index < -0.39 is 0 Å². The number of benzene rings is 2. The molecule has 3 rings (SSSR count). The number of hydrogen-bond donors (Lipinski definition) is 0. The molecule has 4 heteroatoms. The molecule has 1 aromatic heterocycles. The summed E-state index contributed by atoms with van der Waals surface area (Å²) in [5.41, 5.74) is 0.893. The van der Waals surface area contributed by atoms with E-state index in [1.165, 1.54) is 23.5 Å². The third-order valence-corrected chi connectivity index (χ3v) is 3.19. The van der Waals surface area contributed by atoms with Gasteiger partial charge in [-0.1, -0.05) is 29.5 Å². The van der Waals surface area contributed by atoms with Crippen molar-refractivity contribution in [2.45, 2.75) is 0 Å². The third kappa shape index (κ3) is 2.12. The number of para-hydroxylation sites is 1. The summed E-state index contributed by atoms with van der Waals surface area (Å²) in [6.07, 6.45) is 0. The van der Waals surface area contributed by atoms with E-state index in [4.69, 9.17) is 4.74 Å². The Kier molecular flexibility index (Phi) is 2.49. The van der Waals surface area contributed by atoms with Crippen molar-refractivity contribution in [1.29, 1.82) is 0 Å². The molecule has 0 saturated heterocycles. The average Bonchev–Trinajstić information content (AvgIpc) is 2.71. The van der Waals surface area contributed by atoms with Gasteiger partial charge in [-0.2, -0.15) is 0 Å². The van der Waals surface area contributed by atoms with Crippen LogP contribution in [-0.2, 0) is 0 Å². The summed E-state index contributed by atoms with van der Waals surface area (Å²) >= 11 is 1.44. The van der Waals surface area contributed by atoms with E-state index in [0.717, 1.165) is 10.2 Å². The van der Waals surface area contributed by atoms with Gasteiger partial charge in [0.15, 0.2) is 0 Å². The molecule has 0 N–H and O–H groups in total. The first-order valence-electron chi connectivity index (χ1n) is 5.10. The molecule has 0 aliphatic rings. The van der Waals surface area contributed by atoms with Crippen LogP contribution in [0.4, 0.5) is 4.39 Å². The second-order valence-electron chi connectivity index (χ2n) is 3.51. The highest BCUT2D eigenvalue weighted by Crippen LogP contribution is 2.31. The van der Waals surface area contributed by atoms with Gasteiger partial charge in [0.2, 0.25) is 0 Å². The first kappa shape index (κ1) is 10.2. The molecule has 0 bridgehead atoms. The van der Waals surface area contributed by atoms with E-state index in [2.05, 4.69) is 4.98 Å². The highest BCUT2D eigenvalue weighted by Gasteiger charge is 2.05. The second kappa shape index (κ2) is 4.14. The molecule has 3 aromatic rings. The van der Waals surface area contributed by atoms with E-state index in [1.807, 2.05) is 24.3 Å². The van der Waals surface area contributed by atoms with Gasteiger partial charge in [0.05, 0.1) is 10.2 Å². The molecule has 1 heterocycles. The molecule has 0 aliphatic carbocycles. The van der Waals surface area contributed by atoms with Crippen LogP contribution in [0.1, 0.15) is 0 Å². The maximum atomic E-state index is 13.0. The average molecular weight is 245 g/mol. The Morgan fingerprint density at radius 1 is 1.06 bits per heavy atom. The molecule has 2 aromatic carbocycles. The van der Waals surface area contributed by atoms with Gasteiger partial charge in [-0.05, 0) is 24.3 Å². The quantitative estimate of drug-likeness (QED) is 0.674. The summed E-state index contributed by atoms with van der Waals surface area (Å²) in [5.74, 6) is 0.146. The van der Waals surface area contributed by atoms with Crippen molar-refractivity contribution >= 4 is 21.6 Å². The minimum absolute atomic E-state index is 0.316. The van der Waals surface area contributed by atoms with Gasteiger partial charge in [-0.25, -0.2) is 9.37 Å². The van der Waals surface area contributed by atoms with Gasteiger partial charge >= 0.3 is 0 Å². The first-order valence-corrected chi connectivity index (χ1v) is 5.92. The summed E-state index contributed by atoms with van der Waals surface area (Å²) in [4.78, 5) is 4.31. The summed E-state index contributed by atoms with van der Waals surface area (Å²) in [7, 11) is 0. The maximum Gasteiger partial charge on any atom is 0.279 e. The summed E-state index contributed by atoms with van der Waals surface area (Å²) in [5, 5.41) is 0.525. The fourth-order valence-electron chi connectivity index (χ4n) is 1.53. The lowest BCUT2D eigenvalue weighted by Gasteiger charge is -2.00. The van der Waals surface area contributed by atoms with Crippen molar-refractivity contribution < 1.29 is 9.13 Å².